The highest BCUT2D eigenvalue weighted by atomic mass is 16.5. The fraction of sp³-hybridized carbons (Fsp3) is 0.400. The summed E-state index contributed by atoms with van der Waals surface area (Å²) in [6, 6.07) is 8.43. The second-order valence-corrected chi connectivity index (χ2v) is 4.60. The SMILES string of the molecule is CNC(C)c1ccccc1OCCc1nccn1C. The Morgan fingerprint density at radius 3 is 2.84 bits per heavy atom. The van der Waals surface area contributed by atoms with Gasteiger partial charge in [0.1, 0.15) is 11.6 Å². The van der Waals surface area contributed by atoms with Crippen LogP contribution < -0.4 is 10.1 Å². The molecule has 1 heterocycles. The quantitative estimate of drug-likeness (QED) is 0.865. The van der Waals surface area contributed by atoms with E-state index in [0.717, 1.165) is 18.0 Å². The topological polar surface area (TPSA) is 39.1 Å². The lowest BCUT2D eigenvalue weighted by Gasteiger charge is -2.16. The molecule has 19 heavy (non-hydrogen) atoms. The maximum absolute atomic E-state index is 5.90. The van der Waals surface area contributed by atoms with E-state index >= 15 is 0 Å². The number of hydrogen-bond donors (Lipinski definition) is 1. The monoisotopic (exact) mass is 259 g/mol. The van der Waals surface area contributed by atoms with Gasteiger partial charge in [-0.05, 0) is 20.0 Å². The molecule has 0 spiro atoms. The highest BCUT2D eigenvalue weighted by molar-refractivity contribution is 5.35. The predicted molar refractivity (Wildman–Crippen MR) is 76.3 cm³/mol. The third-order valence-corrected chi connectivity index (χ3v) is 3.32. The summed E-state index contributed by atoms with van der Waals surface area (Å²) in [5.41, 5.74) is 1.19. The Labute approximate surface area is 114 Å². The van der Waals surface area contributed by atoms with Gasteiger partial charge >= 0.3 is 0 Å². The van der Waals surface area contributed by atoms with Crippen LogP contribution in [-0.4, -0.2) is 23.2 Å². The summed E-state index contributed by atoms with van der Waals surface area (Å²) < 4.78 is 7.91. The smallest absolute Gasteiger partial charge is 0.124 e. The zero-order chi connectivity index (χ0) is 13.7. The summed E-state index contributed by atoms with van der Waals surface area (Å²) in [6.07, 6.45) is 4.57. The van der Waals surface area contributed by atoms with Gasteiger partial charge in [-0.25, -0.2) is 4.98 Å². The zero-order valence-electron chi connectivity index (χ0n) is 11.8. The number of benzene rings is 1. The number of nitrogens with zero attached hydrogens (tertiary/aromatic N) is 2. The van der Waals surface area contributed by atoms with Crippen molar-refractivity contribution in [3.05, 3.63) is 48.0 Å². The van der Waals surface area contributed by atoms with Crippen molar-refractivity contribution in [2.24, 2.45) is 7.05 Å². The number of aryl methyl sites for hydroxylation is 1. The largest absolute Gasteiger partial charge is 0.493 e. The van der Waals surface area contributed by atoms with Gasteiger partial charge in [-0.15, -0.1) is 0 Å². The van der Waals surface area contributed by atoms with Crippen LogP contribution in [-0.2, 0) is 13.5 Å². The molecule has 0 saturated carbocycles. The number of imidazole rings is 1. The summed E-state index contributed by atoms with van der Waals surface area (Å²) in [5.74, 6) is 1.98. The van der Waals surface area contributed by atoms with Gasteiger partial charge in [0, 0.05) is 37.5 Å². The third-order valence-electron chi connectivity index (χ3n) is 3.32. The van der Waals surface area contributed by atoms with Crippen molar-refractivity contribution in [1.82, 2.24) is 14.9 Å². The molecular formula is C15H21N3O. The lowest BCUT2D eigenvalue weighted by Crippen LogP contribution is -2.14. The molecule has 1 aromatic carbocycles. The number of nitrogens with one attached hydrogen (secondary N) is 1. The van der Waals surface area contributed by atoms with E-state index in [1.54, 1.807) is 0 Å². The van der Waals surface area contributed by atoms with Crippen LogP contribution in [0, 0.1) is 0 Å². The summed E-state index contributed by atoms with van der Waals surface area (Å²) in [4.78, 5) is 4.29. The maximum Gasteiger partial charge on any atom is 0.124 e. The van der Waals surface area contributed by atoms with Crippen molar-refractivity contribution in [3.63, 3.8) is 0 Å². The molecule has 0 aliphatic rings. The average molecular weight is 259 g/mol. The van der Waals surface area contributed by atoms with E-state index in [1.807, 2.05) is 49.3 Å². The van der Waals surface area contributed by atoms with Crippen molar-refractivity contribution in [2.75, 3.05) is 13.7 Å². The molecule has 0 aliphatic carbocycles. The molecule has 2 rings (SSSR count). The molecule has 0 bridgehead atoms. The second kappa shape index (κ2) is 6.38. The number of para-hydroxylation sites is 1. The van der Waals surface area contributed by atoms with Crippen LogP contribution in [0.25, 0.3) is 0 Å². The van der Waals surface area contributed by atoms with E-state index in [-0.39, 0.29) is 6.04 Å². The number of hydrogen-bond acceptors (Lipinski definition) is 3. The summed E-state index contributed by atoms with van der Waals surface area (Å²) in [5, 5.41) is 3.24. The van der Waals surface area contributed by atoms with Crippen molar-refractivity contribution >= 4 is 0 Å². The third kappa shape index (κ3) is 3.35. The average Bonchev–Trinajstić information content (AvgIpc) is 2.84. The van der Waals surface area contributed by atoms with Crippen LogP contribution >= 0.6 is 0 Å². The molecule has 4 heteroatoms. The summed E-state index contributed by atoms with van der Waals surface area (Å²) in [7, 11) is 3.95. The molecule has 1 unspecified atom stereocenters. The van der Waals surface area contributed by atoms with Crippen LogP contribution in [0.1, 0.15) is 24.4 Å². The molecule has 0 amide bonds. The van der Waals surface area contributed by atoms with E-state index in [2.05, 4.69) is 23.3 Å². The molecule has 2 aromatic rings. The normalized spacial score (nSPS) is 12.4. The molecule has 1 aromatic heterocycles. The van der Waals surface area contributed by atoms with Crippen LogP contribution in [0.15, 0.2) is 36.7 Å². The molecule has 0 fully saturated rings. The predicted octanol–water partition coefficient (Wildman–Crippen LogP) is 2.32. The lowest BCUT2D eigenvalue weighted by molar-refractivity contribution is 0.311. The van der Waals surface area contributed by atoms with Crippen molar-refractivity contribution in [1.29, 1.82) is 0 Å². The van der Waals surface area contributed by atoms with Gasteiger partial charge in [0.25, 0.3) is 0 Å². The fourth-order valence-corrected chi connectivity index (χ4v) is 2.01. The number of rotatable bonds is 6. The molecule has 1 atom stereocenters. The second-order valence-electron chi connectivity index (χ2n) is 4.60. The van der Waals surface area contributed by atoms with E-state index < -0.39 is 0 Å². The van der Waals surface area contributed by atoms with Crippen LogP contribution in [0.5, 0.6) is 5.75 Å². The van der Waals surface area contributed by atoms with Gasteiger partial charge in [0.15, 0.2) is 0 Å². The van der Waals surface area contributed by atoms with Crippen LogP contribution in [0.2, 0.25) is 0 Å². The van der Waals surface area contributed by atoms with Gasteiger partial charge < -0.3 is 14.6 Å². The van der Waals surface area contributed by atoms with E-state index in [4.69, 9.17) is 4.74 Å². The molecule has 4 nitrogen and oxygen atoms in total. The van der Waals surface area contributed by atoms with Crippen molar-refractivity contribution < 1.29 is 4.74 Å². The Balaban J connectivity index is 1.98. The maximum atomic E-state index is 5.90. The first-order valence-electron chi connectivity index (χ1n) is 6.57. The Bertz CT molecular complexity index is 522. The van der Waals surface area contributed by atoms with Gasteiger partial charge in [-0.3, -0.25) is 0 Å². The highest BCUT2D eigenvalue weighted by Gasteiger charge is 2.09. The first-order valence-corrected chi connectivity index (χ1v) is 6.57. The molecule has 0 radical (unpaired) electrons. The summed E-state index contributed by atoms with van der Waals surface area (Å²) in [6.45, 7) is 2.76. The number of aromatic nitrogens is 2. The van der Waals surface area contributed by atoms with Crippen LogP contribution in [0.3, 0.4) is 0 Å². The van der Waals surface area contributed by atoms with E-state index in [9.17, 15) is 0 Å². The zero-order valence-corrected chi connectivity index (χ0v) is 11.8. The van der Waals surface area contributed by atoms with Crippen molar-refractivity contribution in [2.45, 2.75) is 19.4 Å². The van der Waals surface area contributed by atoms with Crippen LogP contribution in [0.4, 0.5) is 0 Å². The lowest BCUT2D eigenvalue weighted by atomic mass is 10.1. The number of ether oxygens (including phenoxy) is 1. The fourth-order valence-electron chi connectivity index (χ4n) is 2.01. The Kier molecular flexibility index (Phi) is 4.58. The highest BCUT2D eigenvalue weighted by Crippen LogP contribution is 2.24. The minimum absolute atomic E-state index is 0.282. The molecule has 1 N–H and O–H groups in total. The molecule has 102 valence electrons. The summed E-state index contributed by atoms with van der Waals surface area (Å²) >= 11 is 0. The Morgan fingerprint density at radius 2 is 2.16 bits per heavy atom. The van der Waals surface area contributed by atoms with Gasteiger partial charge in [0.2, 0.25) is 0 Å². The van der Waals surface area contributed by atoms with E-state index in [1.165, 1.54) is 5.56 Å². The Morgan fingerprint density at radius 1 is 1.37 bits per heavy atom. The Hall–Kier alpha value is -1.81. The molecular weight excluding hydrogens is 238 g/mol. The standard InChI is InChI=1S/C15H21N3O/c1-12(16-2)13-6-4-5-7-14(13)19-11-8-15-17-9-10-18(15)3/h4-7,9-10,12,16H,8,11H2,1-3H3. The van der Waals surface area contributed by atoms with E-state index in [0.29, 0.717) is 6.61 Å². The minimum Gasteiger partial charge on any atom is -0.493 e. The minimum atomic E-state index is 0.282. The molecule has 0 saturated heterocycles. The van der Waals surface area contributed by atoms with Gasteiger partial charge in [-0.2, -0.15) is 0 Å². The first kappa shape index (κ1) is 13.6. The van der Waals surface area contributed by atoms with Gasteiger partial charge in [-0.1, -0.05) is 18.2 Å². The first-order chi connectivity index (χ1) is 9.22. The van der Waals surface area contributed by atoms with Gasteiger partial charge in [0.05, 0.1) is 6.61 Å². The van der Waals surface area contributed by atoms with Crippen molar-refractivity contribution in [3.8, 4) is 5.75 Å². The molecule has 0 aliphatic heterocycles.